The number of carbonyl (C=O) groups is 2. The van der Waals surface area contributed by atoms with Crippen LogP contribution in [0.3, 0.4) is 0 Å². The fraction of sp³-hybridized carbons (Fsp3) is 0.467. The Bertz CT molecular complexity index is 552. The first-order valence-electron chi connectivity index (χ1n) is 7.01. The smallest absolute Gasteiger partial charge is 0.329 e. The number of nitrogens with one attached hydrogen (secondary N) is 2. The monoisotopic (exact) mass is 274 g/mol. The van der Waals surface area contributed by atoms with Crippen molar-refractivity contribution < 1.29 is 14.7 Å². The summed E-state index contributed by atoms with van der Waals surface area (Å²) in [6.45, 7) is 0.731. The predicted octanol–water partition coefficient (Wildman–Crippen LogP) is 1.71. The SMILES string of the molecule is O=C(NC1(C(=O)O)CCC1)C1CCNc2ccccc21. The van der Waals surface area contributed by atoms with Crippen molar-refractivity contribution in [2.75, 3.05) is 11.9 Å². The molecule has 0 radical (unpaired) electrons. The molecule has 1 saturated carbocycles. The van der Waals surface area contributed by atoms with Gasteiger partial charge in [0.25, 0.3) is 0 Å². The van der Waals surface area contributed by atoms with E-state index < -0.39 is 11.5 Å². The molecule has 1 aliphatic heterocycles. The number of carboxylic acids is 1. The Balaban J connectivity index is 1.80. The highest BCUT2D eigenvalue weighted by Crippen LogP contribution is 2.35. The maximum absolute atomic E-state index is 12.5. The lowest BCUT2D eigenvalue weighted by atomic mass is 9.76. The molecule has 3 N–H and O–H groups in total. The molecule has 0 spiro atoms. The Morgan fingerprint density at radius 2 is 2.05 bits per heavy atom. The number of hydrogen-bond donors (Lipinski definition) is 3. The lowest BCUT2D eigenvalue weighted by molar-refractivity contribution is -0.152. The maximum atomic E-state index is 12.5. The molecule has 1 fully saturated rings. The van der Waals surface area contributed by atoms with Gasteiger partial charge in [0, 0.05) is 12.2 Å². The van der Waals surface area contributed by atoms with Crippen LogP contribution < -0.4 is 10.6 Å². The molecule has 1 aromatic carbocycles. The van der Waals surface area contributed by atoms with E-state index in [-0.39, 0.29) is 11.8 Å². The second kappa shape index (κ2) is 4.81. The number of benzene rings is 1. The minimum absolute atomic E-state index is 0.166. The van der Waals surface area contributed by atoms with Gasteiger partial charge < -0.3 is 15.7 Å². The van der Waals surface area contributed by atoms with Crippen molar-refractivity contribution in [3.63, 3.8) is 0 Å². The highest BCUT2D eigenvalue weighted by atomic mass is 16.4. The van der Waals surface area contributed by atoms with Crippen LogP contribution in [0.1, 0.15) is 37.2 Å². The number of hydrogen-bond acceptors (Lipinski definition) is 3. The van der Waals surface area contributed by atoms with Gasteiger partial charge in [-0.15, -0.1) is 0 Å². The van der Waals surface area contributed by atoms with Crippen LogP contribution in [0.2, 0.25) is 0 Å². The molecule has 1 heterocycles. The van der Waals surface area contributed by atoms with Crippen LogP contribution in [-0.2, 0) is 9.59 Å². The zero-order valence-corrected chi connectivity index (χ0v) is 11.2. The number of fused-ring (bicyclic) bond motifs is 1. The Morgan fingerprint density at radius 3 is 2.70 bits per heavy atom. The van der Waals surface area contributed by atoms with Gasteiger partial charge in [-0.2, -0.15) is 0 Å². The third kappa shape index (κ3) is 2.03. The fourth-order valence-electron chi connectivity index (χ4n) is 2.99. The van der Waals surface area contributed by atoms with Crippen LogP contribution in [0.15, 0.2) is 24.3 Å². The van der Waals surface area contributed by atoms with Crippen molar-refractivity contribution in [3.05, 3.63) is 29.8 Å². The number of rotatable bonds is 3. The molecular formula is C15H18N2O3. The second-order valence-electron chi connectivity index (χ2n) is 5.59. The van der Waals surface area contributed by atoms with Gasteiger partial charge in [0.05, 0.1) is 5.92 Å². The minimum Gasteiger partial charge on any atom is -0.480 e. The average Bonchev–Trinajstić information content (AvgIpc) is 2.41. The highest BCUT2D eigenvalue weighted by Gasteiger charge is 2.46. The van der Waals surface area contributed by atoms with Crippen molar-refractivity contribution in [1.82, 2.24) is 5.32 Å². The van der Waals surface area contributed by atoms with Gasteiger partial charge in [0.2, 0.25) is 5.91 Å². The molecule has 1 aromatic rings. The summed E-state index contributed by atoms with van der Waals surface area (Å²) < 4.78 is 0. The van der Waals surface area contributed by atoms with Crippen LogP contribution in [0.5, 0.6) is 0 Å². The van der Waals surface area contributed by atoms with Crippen molar-refractivity contribution in [2.45, 2.75) is 37.1 Å². The van der Waals surface area contributed by atoms with Gasteiger partial charge in [-0.3, -0.25) is 4.79 Å². The third-order valence-electron chi connectivity index (χ3n) is 4.38. The summed E-state index contributed by atoms with van der Waals surface area (Å²) in [6, 6.07) is 7.71. The molecule has 5 nitrogen and oxygen atoms in total. The first kappa shape index (κ1) is 13.0. The van der Waals surface area contributed by atoms with E-state index in [0.717, 1.165) is 24.2 Å². The molecule has 0 aromatic heterocycles. The summed E-state index contributed by atoms with van der Waals surface area (Å²) in [4.78, 5) is 23.8. The molecule has 0 saturated heterocycles. The zero-order valence-electron chi connectivity index (χ0n) is 11.2. The van der Waals surface area contributed by atoms with Crippen LogP contribution in [-0.4, -0.2) is 29.1 Å². The van der Waals surface area contributed by atoms with Gasteiger partial charge in [0.15, 0.2) is 0 Å². The van der Waals surface area contributed by atoms with Gasteiger partial charge >= 0.3 is 5.97 Å². The Morgan fingerprint density at radius 1 is 1.30 bits per heavy atom. The molecule has 1 amide bonds. The van der Waals surface area contributed by atoms with E-state index in [9.17, 15) is 14.7 Å². The quantitative estimate of drug-likeness (QED) is 0.784. The van der Waals surface area contributed by atoms with Crippen LogP contribution in [0.25, 0.3) is 0 Å². The standard InChI is InChI=1S/C15H18N2O3/c18-13(17-15(14(19)20)7-3-8-15)11-6-9-16-12-5-2-1-4-10(11)12/h1-2,4-5,11,16H,3,6-9H2,(H,17,18)(H,19,20). The van der Waals surface area contributed by atoms with E-state index in [1.165, 1.54) is 0 Å². The first-order valence-corrected chi connectivity index (χ1v) is 7.01. The number of carbonyl (C=O) groups excluding carboxylic acids is 1. The normalized spacial score (nSPS) is 22.9. The van der Waals surface area contributed by atoms with Gasteiger partial charge in [0.1, 0.15) is 5.54 Å². The molecule has 0 bridgehead atoms. The lowest BCUT2D eigenvalue weighted by Gasteiger charge is -2.39. The van der Waals surface area contributed by atoms with E-state index in [1.807, 2.05) is 24.3 Å². The number of aliphatic carboxylic acids is 1. The summed E-state index contributed by atoms with van der Waals surface area (Å²) in [7, 11) is 0. The number of anilines is 1. The molecular weight excluding hydrogens is 256 g/mol. The van der Waals surface area contributed by atoms with Crippen LogP contribution in [0, 0.1) is 0 Å². The maximum Gasteiger partial charge on any atom is 0.329 e. The lowest BCUT2D eigenvalue weighted by Crippen LogP contribution is -2.60. The van der Waals surface area contributed by atoms with Crippen LogP contribution in [0.4, 0.5) is 5.69 Å². The summed E-state index contributed by atoms with van der Waals surface area (Å²) in [5, 5.41) is 15.3. The van der Waals surface area contributed by atoms with Crippen molar-refractivity contribution in [3.8, 4) is 0 Å². The number of carboxylic acid groups (broad SMARTS) is 1. The molecule has 3 rings (SSSR count). The molecule has 106 valence electrons. The second-order valence-corrected chi connectivity index (χ2v) is 5.59. The predicted molar refractivity (Wildman–Crippen MR) is 74.7 cm³/mol. The van der Waals surface area contributed by atoms with E-state index in [4.69, 9.17) is 0 Å². The highest BCUT2D eigenvalue weighted by molar-refractivity contribution is 5.92. The fourth-order valence-corrected chi connectivity index (χ4v) is 2.99. The molecule has 2 aliphatic rings. The number of amides is 1. The van der Waals surface area contributed by atoms with E-state index in [2.05, 4.69) is 10.6 Å². The first-order chi connectivity index (χ1) is 9.62. The molecule has 1 aliphatic carbocycles. The molecule has 5 heteroatoms. The van der Waals surface area contributed by atoms with Gasteiger partial charge in [-0.25, -0.2) is 4.79 Å². The van der Waals surface area contributed by atoms with Crippen molar-refractivity contribution in [2.24, 2.45) is 0 Å². The van der Waals surface area contributed by atoms with E-state index in [0.29, 0.717) is 19.3 Å². The van der Waals surface area contributed by atoms with E-state index >= 15 is 0 Å². The van der Waals surface area contributed by atoms with Crippen molar-refractivity contribution in [1.29, 1.82) is 0 Å². The molecule has 1 atom stereocenters. The topological polar surface area (TPSA) is 78.4 Å². The molecule has 1 unspecified atom stereocenters. The summed E-state index contributed by atoms with van der Waals surface area (Å²) in [6.07, 6.45) is 2.61. The van der Waals surface area contributed by atoms with Gasteiger partial charge in [-0.05, 0) is 37.3 Å². The van der Waals surface area contributed by atoms with Crippen LogP contribution >= 0.6 is 0 Å². The molecule has 20 heavy (non-hydrogen) atoms. The third-order valence-corrected chi connectivity index (χ3v) is 4.38. The summed E-state index contributed by atoms with van der Waals surface area (Å²) in [5.41, 5.74) is 0.893. The van der Waals surface area contributed by atoms with Crippen molar-refractivity contribution >= 4 is 17.6 Å². The minimum atomic E-state index is -1.03. The average molecular weight is 274 g/mol. The largest absolute Gasteiger partial charge is 0.480 e. The van der Waals surface area contributed by atoms with Gasteiger partial charge in [-0.1, -0.05) is 18.2 Å². The Kier molecular flexibility index (Phi) is 3.12. The number of para-hydroxylation sites is 1. The Hall–Kier alpha value is -2.04. The van der Waals surface area contributed by atoms with E-state index in [1.54, 1.807) is 0 Å². The summed E-state index contributed by atoms with van der Waals surface area (Å²) >= 11 is 0. The Labute approximate surface area is 117 Å². The summed E-state index contributed by atoms with van der Waals surface area (Å²) in [5.74, 6) is -1.34. The zero-order chi connectivity index (χ0) is 14.2.